The molecular weight excluding hydrogens is 690 g/mol. The van der Waals surface area contributed by atoms with Crippen LogP contribution in [0.1, 0.15) is 108 Å². The Morgan fingerprint density at radius 1 is 1.04 bits per heavy atom. The molecule has 5 rings (SSSR count). The minimum absolute atomic E-state index is 0.0364. The highest BCUT2D eigenvalue weighted by Gasteiger charge is 2.46. The maximum atomic E-state index is 15.0. The number of carbonyl (C=O) groups is 2. The largest absolute Gasteiger partial charge is 0.380 e. The number of rotatable bonds is 13. The summed E-state index contributed by atoms with van der Waals surface area (Å²) < 4.78 is 22.7. The molecule has 0 radical (unpaired) electrons. The molecule has 5 N–H and O–H groups in total. The number of benzene rings is 1. The quantitative estimate of drug-likeness (QED) is 0.105. The van der Waals surface area contributed by atoms with Crippen LogP contribution in [-0.2, 0) is 16.1 Å². The molecule has 1 spiro atoms. The molecule has 4 aliphatic rings. The number of nitrogens with one attached hydrogen (secondary N) is 3. The number of allylic oxidation sites excluding steroid dienone is 1. The third-order valence-corrected chi connectivity index (χ3v) is 12.2. The number of likely N-dealkylation sites (tertiary alicyclic amines) is 1. The Morgan fingerprint density at radius 2 is 1.70 bits per heavy atom. The Labute approximate surface area is 327 Å². The second-order valence-corrected chi connectivity index (χ2v) is 15.2. The van der Waals surface area contributed by atoms with Gasteiger partial charge in [0.05, 0.1) is 18.3 Å². The zero-order chi connectivity index (χ0) is 39.8. The first-order valence-corrected chi connectivity index (χ1v) is 21.0. The number of methoxy groups -OCH3 is 1. The van der Waals surface area contributed by atoms with Crippen LogP contribution in [0.2, 0.25) is 0 Å². The van der Waals surface area contributed by atoms with Gasteiger partial charge in [0.1, 0.15) is 12.1 Å². The molecule has 3 aliphatic heterocycles. The second-order valence-electron chi connectivity index (χ2n) is 13.8. The number of aldehydes is 1. The lowest BCUT2D eigenvalue weighted by molar-refractivity contribution is -0.122. The van der Waals surface area contributed by atoms with E-state index in [1.54, 1.807) is 27.3 Å². The van der Waals surface area contributed by atoms with Gasteiger partial charge in [-0.25, -0.2) is 4.39 Å². The average molecular weight is 766 g/mol. The van der Waals surface area contributed by atoms with E-state index in [0.29, 0.717) is 28.9 Å². The first-order chi connectivity index (χ1) is 25.8. The lowest BCUT2D eigenvalue weighted by Crippen LogP contribution is -2.43. The minimum atomic E-state index is -0.242. The van der Waals surface area contributed by atoms with Gasteiger partial charge in [0, 0.05) is 63.2 Å². The standard InChI is InChI=1S/C28H43FN4O2S.C8H16N2O.2C2H6.CH5N/c1-30-23-4-12-33(13-5-23)36-25-6-10-31(11-7-25)24-3-8-28(17-24)9-14-32(20-28)27-16-21(18-34)22(19-35-2)15-26(27)29;1-4-5-6-7(9-2)8(11)10-3;3*1-2/h15-16,18,23-25,30H,3-14,17,19-20H2,1-2H3;4,7,9H,1,5-6H2,2-3H3,(H,10,11);2*1-2H3;2H2,1H3. The van der Waals surface area contributed by atoms with Gasteiger partial charge >= 0.3 is 0 Å². The van der Waals surface area contributed by atoms with Gasteiger partial charge in [-0.05, 0) is 122 Å². The van der Waals surface area contributed by atoms with Crippen molar-refractivity contribution in [1.82, 2.24) is 25.2 Å². The van der Waals surface area contributed by atoms with Gasteiger partial charge in [-0.15, -0.1) is 6.58 Å². The van der Waals surface area contributed by atoms with Crippen LogP contribution in [0.25, 0.3) is 0 Å². The molecule has 0 bridgehead atoms. The van der Waals surface area contributed by atoms with Crippen LogP contribution < -0.4 is 26.6 Å². The predicted molar refractivity (Wildman–Crippen MR) is 224 cm³/mol. The van der Waals surface area contributed by atoms with Crippen LogP contribution in [0.4, 0.5) is 10.1 Å². The summed E-state index contributed by atoms with van der Waals surface area (Å²) in [6.45, 7) is 18.5. The number of nitrogens with zero attached hydrogens (tertiary/aromatic N) is 3. The number of nitrogens with two attached hydrogens (primary N) is 1. The van der Waals surface area contributed by atoms with Crippen molar-refractivity contribution in [2.24, 2.45) is 11.1 Å². The van der Waals surface area contributed by atoms with E-state index in [0.717, 1.165) is 43.9 Å². The summed E-state index contributed by atoms with van der Waals surface area (Å²) in [6.07, 6.45) is 14.2. The maximum absolute atomic E-state index is 15.0. The Bertz CT molecular complexity index is 1160. The van der Waals surface area contributed by atoms with Crippen molar-refractivity contribution in [3.8, 4) is 0 Å². The fourth-order valence-corrected chi connectivity index (χ4v) is 9.19. The Hall–Kier alpha value is -2.06. The normalized spacial score (nSPS) is 22.5. The van der Waals surface area contributed by atoms with E-state index in [1.807, 2.05) is 33.8 Å². The molecule has 53 heavy (non-hydrogen) atoms. The van der Waals surface area contributed by atoms with E-state index in [1.165, 1.54) is 84.2 Å². The summed E-state index contributed by atoms with van der Waals surface area (Å²) in [6, 6.07) is 4.49. The first kappa shape index (κ1) is 49.0. The van der Waals surface area contributed by atoms with Gasteiger partial charge in [0.25, 0.3) is 0 Å². The number of carbonyl (C=O) groups excluding carboxylic acids is 2. The zero-order valence-corrected chi connectivity index (χ0v) is 35.6. The molecule has 1 aromatic rings. The highest BCUT2D eigenvalue weighted by atomic mass is 32.2. The molecule has 306 valence electrons. The maximum Gasteiger partial charge on any atom is 0.236 e. The van der Waals surface area contributed by atoms with E-state index in [2.05, 4.69) is 61.4 Å². The summed E-state index contributed by atoms with van der Waals surface area (Å²) in [5.74, 6) is -0.205. The van der Waals surface area contributed by atoms with Crippen molar-refractivity contribution in [3.05, 3.63) is 41.7 Å². The van der Waals surface area contributed by atoms with E-state index >= 15 is 0 Å². The monoisotopic (exact) mass is 766 g/mol. The number of piperidine rings is 2. The topological polar surface area (TPSA) is 115 Å². The average Bonchev–Trinajstić information content (AvgIpc) is 3.84. The number of amides is 1. The van der Waals surface area contributed by atoms with E-state index < -0.39 is 0 Å². The van der Waals surface area contributed by atoms with Gasteiger partial charge in [0.15, 0.2) is 0 Å². The summed E-state index contributed by atoms with van der Waals surface area (Å²) in [4.78, 5) is 27.6. The lowest BCUT2D eigenvalue weighted by Gasteiger charge is -2.39. The van der Waals surface area contributed by atoms with Gasteiger partial charge in [0.2, 0.25) is 5.91 Å². The summed E-state index contributed by atoms with van der Waals surface area (Å²) in [7, 11) is 8.57. The first-order valence-electron chi connectivity index (χ1n) is 20.2. The molecule has 3 atom stereocenters. The van der Waals surface area contributed by atoms with Crippen molar-refractivity contribution >= 4 is 29.8 Å². The molecule has 0 aromatic heterocycles. The van der Waals surface area contributed by atoms with E-state index in [9.17, 15) is 14.0 Å². The highest BCUT2D eigenvalue weighted by molar-refractivity contribution is 7.97. The van der Waals surface area contributed by atoms with Gasteiger partial charge < -0.3 is 36.2 Å². The van der Waals surface area contributed by atoms with Gasteiger partial charge in [-0.1, -0.05) is 45.7 Å². The van der Waals surface area contributed by atoms with Crippen molar-refractivity contribution in [2.45, 2.75) is 122 Å². The van der Waals surface area contributed by atoms with Crippen molar-refractivity contribution in [2.75, 3.05) is 79.5 Å². The minimum Gasteiger partial charge on any atom is -0.380 e. The van der Waals surface area contributed by atoms with Crippen LogP contribution in [0.5, 0.6) is 0 Å². The number of hydrogen-bond acceptors (Lipinski definition) is 10. The molecule has 3 saturated heterocycles. The molecular formula is C41H76FN7O3S. The third-order valence-electron chi connectivity index (χ3n) is 10.8. The molecule has 3 heterocycles. The van der Waals surface area contributed by atoms with E-state index in [-0.39, 0.29) is 29.8 Å². The van der Waals surface area contributed by atoms with Crippen molar-refractivity contribution in [3.63, 3.8) is 0 Å². The molecule has 1 aliphatic carbocycles. The number of ether oxygens (including phenoxy) is 1. The predicted octanol–water partition coefficient (Wildman–Crippen LogP) is 6.24. The number of likely N-dealkylation sites (N-methyl/N-ethyl adjacent to an activating group) is 2. The molecule has 1 amide bonds. The molecule has 4 fully saturated rings. The summed E-state index contributed by atoms with van der Waals surface area (Å²) in [5, 5.41) is 9.71. The van der Waals surface area contributed by atoms with Crippen LogP contribution >= 0.6 is 11.9 Å². The Morgan fingerprint density at radius 3 is 2.25 bits per heavy atom. The SMILES string of the molecule is C=CCCC(NC)C(=O)NC.CC.CC.CN.CNC1CCN(SC2CCN(C3CCC4(CCN(c5cc(C=O)c(COC)cc5F)C4)C3)CC2)CC1. The molecule has 1 saturated carbocycles. The summed E-state index contributed by atoms with van der Waals surface area (Å²) in [5.41, 5.74) is 6.51. The van der Waals surface area contributed by atoms with Gasteiger partial charge in [-0.3, -0.25) is 13.9 Å². The second kappa shape index (κ2) is 27.5. The van der Waals surface area contributed by atoms with Gasteiger partial charge in [-0.2, -0.15) is 0 Å². The number of anilines is 1. The number of halogens is 1. The zero-order valence-electron chi connectivity index (χ0n) is 34.8. The molecule has 10 nitrogen and oxygen atoms in total. The summed E-state index contributed by atoms with van der Waals surface area (Å²) >= 11 is 2.13. The van der Waals surface area contributed by atoms with Crippen LogP contribution in [-0.4, -0.2) is 119 Å². The van der Waals surface area contributed by atoms with Crippen molar-refractivity contribution in [1.29, 1.82) is 0 Å². The fourth-order valence-electron chi connectivity index (χ4n) is 7.92. The Kier molecular flexibility index (Phi) is 25.4. The fraction of sp³-hybridized carbons (Fsp3) is 0.756. The van der Waals surface area contributed by atoms with E-state index in [4.69, 9.17) is 4.74 Å². The lowest BCUT2D eigenvalue weighted by atomic mass is 9.85. The van der Waals surface area contributed by atoms with Crippen LogP contribution in [0, 0.1) is 11.2 Å². The smallest absolute Gasteiger partial charge is 0.236 e. The Balaban J connectivity index is 0.000000702. The number of hydrogen-bond donors (Lipinski definition) is 4. The molecule has 3 unspecified atom stereocenters. The third kappa shape index (κ3) is 15.2. The van der Waals surface area contributed by atoms with Crippen molar-refractivity contribution < 1.29 is 18.7 Å². The molecule has 1 aromatic carbocycles. The molecule has 12 heteroatoms. The highest BCUT2D eigenvalue weighted by Crippen LogP contribution is 2.49. The van der Waals surface area contributed by atoms with Crippen LogP contribution in [0.15, 0.2) is 24.8 Å². The van der Waals surface area contributed by atoms with Crippen LogP contribution in [0.3, 0.4) is 0 Å².